The molecular weight excluding hydrogens is 234 g/mol. The van der Waals surface area contributed by atoms with Gasteiger partial charge >= 0.3 is 0 Å². The zero-order valence-corrected chi connectivity index (χ0v) is 11.1. The molecule has 2 N–H and O–H groups in total. The van der Waals surface area contributed by atoms with Crippen molar-refractivity contribution in [1.29, 1.82) is 0 Å². The van der Waals surface area contributed by atoms with Gasteiger partial charge in [-0.3, -0.25) is 0 Å². The zero-order valence-electron chi connectivity index (χ0n) is 11.1. The first kappa shape index (κ1) is 12.4. The smallest absolute Gasteiger partial charge is 0.0842 e. The van der Waals surface area contributed by atoms with Crippen molar-refractivity contribution >= 4 is 0 Å². The first-order valence-corrected chi connectivity index (χ1v) is 6.79. The van der Waals surface area contributed by atoms with Crippen molar-refractivity contribution in [1.82, 2.24) is 5.32 Å². The molecule has 2 heteroatoms. The summed E-state index contributed by atoms with van der Waals surface area (Å²) in [7, 11) is 1.97. The van der Waals surface area contributed by atoms with E-state index >= 15 is 0 Å². The Kier molecular flexibility index (Phi) is 3.36. The normalized spacial score (nSPS) is 23.1. The standard InChI is InChI=1S/C17H19NO/c1-18-16(12-7-3-2-4-8-12)15-11-13-9-5-6-10-14(13)17(15)19/h2-10,15-19H,11H2,1H3/t15?,16-,17+/m1/s1. The topological polar surface area (TPSA) is 32.3 Å². The number of benzene rings is 2. The van der Waals surface area contributed by atoms with Gasteiger partial charge in [0, 0.05) is 12.0 Å². The summed E-state index contributed by atoms with van der Waals surface area (Å²) in [6, 6.07) is 18.8. The molecule has 0 saturated carbocycles. The number of aliphatic hydroxyl groups excluding tert-OH is 1. The molecular formula is C17H19NO. The lowest BCUT2D eigenvalue weighted by Crippen LogP contribution is -2.28. The van der Waals surface area contributed by atoms with Crippen molar-refractivity contribution in [2.75, 3.05) is 7.05 Å². The highest BCUT2D eigenvalue weighted by molar-refractivity contribution is 5.36. The molecule has 1 aliphatic carbocycles. The largest absolute Gasteiger partial charge is 0.388 e. The van der Waals surface area contributed by atoms with Crippen LogP contribution in [0.25, 0.3) is 0 Å². The van der Waals surface area contributed by atoms with Crippen molar-refractivity contribution in [2.45, 2.75) is 18.6 Å². The Morgan fingerprint density at radius 2 is 1.74 bits per heavy atom. The molecule has 2 nitrogen and oxygen atoms in total. The van der Waals surface area contributed by atoms with E-state index in [-0.39, 0.29) is 18.1 Å². The second-order valence-corrected chi connectivity index (χ2v) is 5.19. The van der Waals surface area contributed by atoms with E-state index < -0.39 is 0 Å². The summed E-state index contributed by atoms with van der Waals surface area (Å²) >= 11 is 0. The Labute approximate surface area is 114 Å². The van der Waals surface area contributed by atoms with Crippen molar-refractivity contribution in [3.8, 4) is 0 Å². The molecule has 0 aromatic heterocycles. The lowest BCUT2D eigenvalue weighted by Gasteiger charge is -2.26. The number of fused-ring (bicyclic) bond motifs is 1. The summed E-state index contributed by atoms with van der Waals surface area (Å²) in [6.07, 6.45) is 0.548. The number of hydrogen-bond donors (Lipinski definition) is 2. The van der Waals surface area contributed by atoms with Gasteiger partial charge in [0.15, 0.2) is 0 Å². The third-order valence-corrected chi connectivity index (χ3v) is 4.13. The van der Waals surface area contributed by atoms with Gasteiger partial charge in [0.2, 0.25) is 0 Å². The third-order valence-electron chi connectivity index (χ3n) is 4.13. The number of aliphatic hydroxyl groups is 1. The molecule has 0 bridgehead atoms. The van der Waals surface area contributed by atoms with Crippen LogP contribution in [0, 0.1) is 5.92 Å². The highest BCUT2D eigenvalue weighted by Crippen LogP contribution is 2.42. The van der Waals surface area contributed by atoms with Crippen LogP contribution in [0.2, 0.25) is 0 Å². The maximum Gasteiger partial charge on any atom is 0.0842 e. The zero-order chi connectivity index (χ0) is 13.2. The maximum atomic E-state index is 10.6. The lowest BCUT2D eigenvalue weighted by atomic mass is 9.89. The van der Waals surface area contributed by atoms with Gasteiger partial charge in [-0.2, -0.15) is 0 Å². The predicted octanol–water partition coefficient (Wildman–Crippen LogP) is 2.85. The second kappa shape index (κ2) is 5.16. The molecule has 0 spiro atoms. The molecule has 2 aromatic carbocycles. The highest BCUT2D eigenvalue weighted by atomic mass is 16.3. The van der Waals surface area contributed by atoms with Crippen LogP contribution in [-0.4, -0.2) is 12.2 Å². The van der Waals surface area contributed by atoms with E-state index in [1.54, 1.807) is 0 Å². The molecule has 98 valence electrons. The molecule has 3 atom stereocenters. The van der Waals surface area contributed by atoms with Crippen LogP contribution in [0.5, 0.6) is 0 Å². The molecule has 0 aliphatic heterocycles. The fraction of sp³-hybridized carbons (Fsp3) is 0.294. The van der Waals surface area contributed by atoms with Gasteiger partial charge in [-0.15, -0.1) is 0 Å². The molecule has 0 amide bonds. The van der Waals surface area contributed by atoms with E-state index in [1.165, 1.54) is 11.1 Å². The molecule has 0 saturated heterocycles. The number of nitrogens with one attached hydrogen (secondary N) is 1. The van der Waals surface area contributed by atoms with E-state index in [0.29, 0.717) is 0 Å². The maximum absolute atomic E-state index is 10.6. The second-order valence-electron chi connectivity index (χ2n) is 5.19. The molecule has 3 rings (SSSR count). The quantitative estimate of drug-likeness (QED) is 0.881. The van der Waals surface area contributed by atoms with Crippen LogP contribution >= 0.6 is 0 Å². The van der Waals surface area contributed by atoms with Crippen molar-refractivity contribution in [3.63, 3.8) is 0 Å². The molecule has 0 fully saturated rings. The van der Waals surface area contributed by atoms with Gasteiger partial charge in [0.1, 0.15) is 0 Å². The van der Waals surface area contributed by atoms with E-state index in [9.17, 15) is 5.11 Å². The number of hydrogen-bond acceptors (Lipinski definition) is 2. The fourth-order valence-electron chi connectivity index (χ4n) is 3.19. The summed E-state index contributed by atoms with van der Waals surface area (Å²) in [5.74, 6) is 0.199. The fourth-order valence-corrected chi connectivity index (χ4v) is 3.19. The lowest BCUT2D eigenvalue weighted by molar-refractivity contribution is 0.100. The first-order valence-electron chi connectivity index (χ1n) is 6.79. The Bertz CT molecular complexity index is 552. The summed E-state index contributed by atoms with van der Waals surface area (Å²) in [4.78, 5) is 0. The Balaban J connectivity index is 1.91. The summed E-state index contributed by atoms with van der Waals surface area (Å²) in [5.41, 5.74) is 3.60. The van der Waals surface area contributed by atoms with Gasteiger partial charge in [0.25, 0.3) is 0 Å². The van der Waals surface area contributed by atoms with Crippen molar-refractivity contribution in [3.05, 3.63) is 71.3 Å². The van der Waals surface area contributed by atoms with Gasteiger partial charge in [-0.1, -0.05) is 54.6 Å². The van der Waals surface area contributed by atoms with Crippen LogP contribution < -0.4 is 5.32 Å². The van der Waals surface area contributed by atoms with Crippen LogP contribution in [0.1, 0.15) is 28.8 Å². The Morgan fingerprint density at radius 3 is 2.42 bits per heavy atom. The third kappa shape index (κ3) is 2.18. The van der Waals surface area contributed by atoms with Crippen LogP contribution in [-0.2, 0) is 6.42 Å². The molecule has 0 radical (unpaired) electrons. The Hall–Kier alpha value is -1.64. The van der Waals surface area contributed by atoms with E-state index in [4.69, 9.17) is 0 Å². The summed E-state index contributed by atoms with van der Waals surface area (Å²) in [5, 5.41) is 13.9. The monoisotopic (exact) mass is 253 g/mol. The van der Waals surface area contributed by atoms with E-state index in [1.807, 2.05) is 43.4 Å². The van der Waals surface area contributed by atoms with E-state index in [2.05, 4.69) is 23.5 Å². The van der Waals surface area contributed by atoms with Crippen molar-refractivity contribution < 1.29 is 5.11 Å². The minimum atomic E-state index is -0.381. The molecule has 1 aliphatic rings. The Morgan fingerprint density at radius 1 is 1.05 bits per heavy atom. The van der Waals surface area contributed by atoms with Crippen LogP contribution in [0.3, 0.4) is 0 Å². The predicted molar refractivity (Wildman–Crippen MR) is 76.8 cm³/mol. The average molecular weight is 253 g/mol. The minimum Gasteiger partial charge on any atom is -0.388 e. The van der Waals surface area contributed by atoms with Gasteiger partial charge < -0.3 is 10.4 Å². The van der Waals surface area contributed by atoms with Gasteiger partial charge in [-0.25, -0.2) is 0 Å². The summed E-state index contributed by atoms with van der Waals surface area (Å²) < 4.78 is 0. The highest BCUT2D eigenvalue weighted by Gasteiger charge is 2.36. The summed E-state index contributed by atoms with van der Waals surface area (Å²) in [6.45, 7) is 0. The molecule has 0 heterocycles. The first-order chi connectivity index (χ1) is 9.31. The van der Waals surface area contributed by atoms with E-state index in [0.717, 1.165) is 12.0 Å². The number of rotatable bonds is 3. The molecule has 1 unspecified atom stereocenters. The SMILES string of the molecule is CN[C@H](c1ccccc1)C1Cc2ccccc2[C@@H]1O. The van der Waals surface area contributed by atoms with Crippen LogP contribution in [0.15, 0.2) is 54.6 Å². The molecule has 2 aromatic rings. The van der Waals surface area contributed by atoms with Crippen LogP contribution in [0.4, 0.5) is 0 Å². The van der Waals surface area contributed by atoms with Gasteiger partial charge in [-0.05, 0) is 30.2 Å². The van der Waals surface area contributed by atoms with Gasteiger partial charge in [0.05, 0.1) is 6.10 Å². The average Bonchev–Trinajstić information content (AvgIpc) is 2.79. The van der Waals surface area contributed by atoms with Crippen molar-refractivity contribution in [2.24, 2.45) is 5.92 Å². The minimum absolute atomic E-state index is 0.184. The molecule has 19 heavy (non-hydrogen) atoms.